The van der Waals surface area contributed by atoms with Crippen molar-refractivity contribution in [1.82, 2.24) is 4.31 Å². The van der Waals surface area contributed by atoms with Gasteiger partial charge in [0.15, 0.2) is 0 Å². The predicted octanol–water partition coefficient (Wildman–Crippen LogP) is 3.41. The van der Waals surface area contributed by atoms with Crippen molar-refractivity contribution >= 4 is 11.0 Å². The molecule has 2 aliphatic rings. The summed E-state index contributed by atoms with van der Waals surface area (Å²) in [6, 6.07) is -0.758. The minimum atomic E-state index is -5.97. The molecular formula is C16H18F6N2O4S. The predicted molar refractivity (Wildman–Crippen MR) is 91.3 cm³/mol. The highest BCUT2D eigenvalue weighted by Crippen LogP contribution is 2.48. The fourth-order valence-corrected chi connectivity index (χ4v) is 4.62. The summed E-state index contributed by atoms with van der Waals surface area (Å²) < 4.78 is 91.6. The Balaban J connectivity index is 2.12. The van der Waals surface area contributed by atoms with Crippen LogP contribution in [-0.2, 0) is 11.0 Å². The maximum Gasteiger partial charge on any atom is 0.430 e. The molecule has 0 bridgehead atoms. The van der Waals surface area contributed by atoms with Crippen molar-refractivity contribution in [2.24, 2.45) is 0 Å². The molecule has 164 valence electrons. The molecule has 2 rings (SSSR count). The van der Waals surface area contributed by atoms with E-state index in [4.69, 9.17) is 0 Å². The Morgan fingerprint density at radius 1 is 1.17 bits per heavy atom. The third-order valence-corrected chi connectivity index (χ3v) is 6.76. The van der Waals surface area contributed by atoms with Crippen LogP contribution in [0.3, 0.4) is 0 Å². The number of aliphatic hydroxyl groups is 1. The number of likely N-dealkylation sites (N-methyl/N-ethyl adjacent to an activating group) is 1. The molecule has 29 heavy (non-hydrogen) atoms. The Kier molecular flexibility index (Phi) is 6.65. The summed E-state index contributed by atoms with van der Waals surface area (Å²) in [4.78, 5) is 10.2. The zero-order chi connectivity index (χ0) is 22.2. The van der Waals surface area contributed by atoms with Crippen LogP contribution in [0.5, 0.6) is 0 Å². The van der Waals surface area contributed by atoms with Gasteiger partial charge >= 0.3 is 12.4 Å². The molecule has 6 nitrogen and oxygen atoms in total. The van der Waals surface area contributed by atoms with E-state index in [1.165, 1.54) is 17.4 Å². The van der Waals surface area contributed by atoms with Crippen molar-refractivity contribution < 1.29 is 40.6 Å². The van der Waals surface area contributed by atoms with Crippen molar-refractivity contribution in [3.63, 3.8) is 0 Å². The first kappa shape index (κ1) is 23.5. The van der Waals surface area contributed by atoms with Crippen LogP contribution in [0.4, 0.5) is 26.3 Å². The molecule has 0 saturated carbocycles. The average molecular weight is 448 g/mol. The SMILES string of the molecule is CN(C1C=CC(C(O)(C(F)(F)F)C(F)(F)F)=CC1)S(=O)C1CC=C([N+](=O)[O-])CC1. The summed E-state index contributed by atoms with van der Waals surface area (Å²) in [6.07, 6.45) is -8.15. The molecule has 13 heteroatoms. The van der Waals surface area contributed by atoms with Gasteiger partial charge in [-0.2, -0.15) is 26.3 Å². The van der Waals surface area contributed by atoms with Crippen LogP contribution in [0.1, 0.15) is 25.7 Å². The Hall–Kier alpha value is -1.73. The van der Waals surface area contributed by atoms with Gasteiger partial charge in [-0.25, -0.2) is 8.51 Å². The number of nitrogens with zero attached hydrogens (tertiary/aromatic N) is 2. The van der Waals surface area contributed by atoms with Crippen LogP contribution in [0.25, 0.3) is 0 Å². The summed E-state index contributed by atoms with van der Waals surface area (Å²) in [5, 5.41) is 19.7. The second-order valence-electron chi connectivity index (χ2n) is 6.70. The zero-order valence-corrected chi connectivity index (χ0v) is 15.9. The lowest BCUT2D eigenvalue weighted by Gasteiger charge is -2.36. The van der Waals surface area contributed by atoms with E-state index < -0.39 is 50.7 Å². The lowest BCUT2D eigenvalue weighted by atomic mass is 9.87. The van der Waals surface area contributed by atoms with Crippen LogP contribution < -0.4 is 0 Å². The molecular weight excluding hydrogens is 430 g/mol. The van der Waals surface area contributed by atoms with Crippen LogP contribution in [0.15, 0.2) is 35.6 Å². The van der Waals surface area contributed by atoms with E-state index in [9.17, 15) is 45.8 Å². The smallest absolute Gasteiger partial charge is 0.370 e. The molecule has 0 amide bonds. The molecule has 3 atom stereocenters. The average Bonchev–Trinajstić information content (AvgIpc) is 2.64. The van der Waals surface area contributed by atoms with Gasteiger partial charge < -0.3 is 5.11 Å². The highest BCUT2D eigenvalue weighted by molar-refractivity contribution is 7.83. The molecule has 0 aliphatic heterocycles. The second-order valence-corrected chi connectivity index (χ2v) is 8.49. The molecule has 0 aromatic rings. The lowest BCUT2D eigenvalue weighted by molar-refractivity contribution is -0.428. The highest BCUT2D eigenvalue weighted by Gasteiger charge is 2.71. The normalized spacial score (nSPS) is 24.9. The van der Waals surface area contributed by atoms with E-state index >= 15 is 0 Å². The number of nitro groups is 1. The van der Waals surface area contributed by atoms with E-state index in [-0.39, 0.29) is 31.4 Å². The summed E-state index contributed by atoms with van der Waals surface area (Å²) in [7, 11) is -0.266. The Bertz CT molecular complexity index is 760. The maximum atomic E-state index is 12.9. The number of allylic oxidation sites excluding steroid dienone is 2. The van der Waals surface area contributed by atoms with Crippen molar-refractivity contribution in [3.05, 3.63) is 45.7 Å². The van der Waals surface area contributed by atoms with Gasteiger partial charge in [0.25, 0.3) is 5.60 Å². The van der Waals surface area contributed by atoms with E-state index in [1.807, 2.05) is 0 Å². The van der Waals surface area contributed by atoms with Crippen molar-refractivity contribution in [2.75, 3.05) is 7.05 Å². The molecule has 0 heterocycles. The fourth-order valence-electron chi connectivity index (χ4n) is 3.15. The minimum absolute atomic E-state index is 0.0182. The Morgan fingerprint density at radius 3 is 2.14 bits per heavy atom. The van der Waals surface area contributed by atoms with E-state index in [0.717, 1.165) is 6.08 Å². The number of hydrogen-bond donors (Lipinski definition) is 1. The molecule has 2 aliphatic carbocycles. The van der Waals surface area contributed by atoms with Gasteiger partial charge in [-0.05, 0) is 30.9 Å². The molecule has 0 fully saturated rings. The molecule has 0 spiro atoms. The topological polar surface area (TPSA) is 83.7 Å². The van der Waals surface area contributed by atoms with Crippen molar-refractivity contribution in [2.45, 2.75) is 54.9 Å². The van der Waals surface area contributed by atoms with E-state index in [2.05, 4.69) is 0 Å². The van der Waals surface area contributed by atoms with E-state index in [0.29, 0.717) is 12.2 Å². The van der Waals surface area contributed by atoms with Gasteiger partial charge in [-0.1, -0.05) is 18.2 Å². The number of hydrogen-bond acceptors (Lipinski definition) is 4. The standard InChI is InChI=1S/C16H18F6N2O4S/c1-23(29(28)13-8-6-12(7-9-13)24(26)27)11-4-2-10(3-5-11)14(25,15(17,18)19)16(20,21)22/h2-4,6,11,13,25H,5,7-9H2,1H3. The van der Waals surface area contributed by atoms with Gasteiger partial charge in [0, 0.05) is 19.5 Å². The molecule has 0 saturated heterocycles. The van der Waals surface area contributed by atoms with Crippen molar-refractivity contribution in [3.8, 4) is 0 Å². The molecule has 0 aromatic carbocycles. The van der Waals surface area contributed by atoms with Gasteiger partial charge in [0.1, 0.15) is 0 Å². The third kappa shape index (κ3) is 4.56. The van der Waals surface area contributed by atoms with Crippen molar-refractivity contribution in [1.29, 1.82) is 0 Å². The maximum absolute atomic E-state index is 12.9. The molecule has 1 N–H and O–H groups in total. The largest absolute Gasteiger partial charge is 0.430 e. The van der Waals surface area contributed by atoms with Crippen LogP contribution in [0, 0.1) is 10.1 Å². The summed E-state index contributed by atoms with van der Waals surface area (Å²) in [5.41, 5.74) is -6.32. The van der Waals surface area contributed by atoms with Gasteiger partial charge in [0.2, 0.25) is 5.70 Å². The summed E-state index contributed by atoms with van der Waals surface area (Å²) in [6.45, 7) is 0. The number of alkyl halides is 6. The fraction of sp³-hybridized carbons (Fsp3) is 0.625. The van der Waals surface area contributed by atoms with Gasteiger partial charge in [-0.3, -0.25) is 10.1 Å². The van der Waals surface area contributed by atoms with Crippen LogP contribution >= 0.6 is 0 Å². The minimum Gasteiger partial charge on any atom is -0.370 e. The monoisotopic (exact) mass is 448 g/mol. The highest BCUT2D eigenvalue weighted by atomic mass is 32.2. The Labute approximate surface area is 164 Å². The number of halogens is 6. The molecule has 0 aromatic heterocycles. The third-order valence-electron chi connectivity index (χ3n) is 4.92. The van der Waals surface area contributed by atoms with Crippen LogP contribution in [-0.4, -0.2) is 54.8 Å². The Morgan fingerprint density at radius 2 is 1.76 bits per heavy atom. The van der Waals surface area contributed by atoms with Gasteiger partial charge in [-0.15, -0.1) is 0 Å². The van der Waals surface area contributed by atoms with E-state index in [1.54, 1.807) is 0 Å². The first-order chi connectivity index (χ1) is 13.2. The first-order valence-electron chi connectivity index (χ1n) is 8.41. The summed E-state index contributed by atoms with van der Waals surface area (Å²) >= 11 is 0. The van der Waals surface area contributed by atoms with Gasteiger partial charge in [0.05, 0.1) is 21.2 Å². The summed E-state index contributed by atoms with van der Waals surface area (Å²) in [5.74, 6) is 0. The number of rotatable bonds is 5. The molecule has 0 radical (unpaired) electrons. The van der Waals surface area contributed by atoms with Crippen LogP contribution in [0.2, 0.25) is 0 Å². The second kappa shape index (κ2) is 8.19. The zero-order valence-electron chi connectivity index (χ0n) is 15.0. The quantitative estimate of drug-likeness (QED) is 0.397. The lowest BCUT2D eigenvalue weighted by Crippen LogP contribution is -2.58. The molecule has 3 unspecified atom stereocenters. The first-order valence-corrected chi connectivity index (χ1v) is 9.58.